The molecule has 25 heavy (non-hydrogen) atoms. The number of aromatic nitrogens is 2. The van der Waals surface area contributed by atoms with Gasteiger partial charge in [-0.2, -0.15) is 0 Å². The summed E-state index contributed by atoms with van der Waals surface area (Å²) in [5, 5.41) is 8.02. The Kier molecular flexibility index (Phi) is 3.64. The van der Waals surface area contributed by atoms with Crippen LogP contribution in [0.15, 0.2) is 27.0 Å². The van der Waals surface area contributed by atoms with Crippen molar-refractivity contribution in [2.75, 3.05) is 0 Å². The fraction of sp³-hybridized carbons (Fsp3) is 0.524. The van der Waals surface area contributed by atoms with Crippen LogP contribution in [0.2, 0.25) is 0 Å². The maximum atomic E-state index is 6.07. The van der Waals surface area contributed by atoms with Gasteiger partial charge < -0.3 is 9.05 Å². The van der Waals surface area contributed by atoms with Gasteiger partial charge in [0, 0.05) is 17.0 Å². The average molecular weight is 336 g/mol. The Balaban J connectivity index is 1.79. The van der Waals surface area contributed by atoms with Gasteiger partial charge in [-0.3, -0.25) is 0 Å². The van der Waals surface area contributed by atoms with Gasteiger partial charge in [0.1, 0.15) is 5.76 Å². The second-order valence-electron chi connectivity index (χ2n) is 8.14. The van der Waals surface area contributed by atoms with Gasteiger partial charge in [-0.15, -0.1) is 6.42 Å². The number of fused-ring (bicyclic) bond motifs is 2. The van der Waals surface area contributed by atoms with Gasteiger partial charge in [-0.05, 0) is 42.7 Å². The molecular weight excluding hydrogens is 312 g/mol. The Morgan fingerprint density at radius 3 is 2.80 bits per heavy atom. The third-order valence-corrected chi connectivity index (χ3v) is 6.00. The molecule has 0 N–H and O–H groups in total. The molecule has 2 aromatic heterocycles. The molecule has 4 nitrogen and oxygen atoms in total. The highest BCUT2D eigenvalue weighted by atomic mass is 16.5. The zero-order valence-electron chi connectivity index (χ0n) is 15.1. The normalized spacial score (nSPS) is 28.2. The topological polar surface area (TPSA) is 52.1 Å². The number of hydrogen-bond donors (Lipinski definition) is 0. The Bertz CT molecular complexity index is 867. The Hall–Kier alpha value is -2.28. The zero-order chi connectivity index (χ0) is 17.7. The zero-order valence-corrected chi connectivity index (χ0v) is 15.1. The number of terminal acetylenes is 1. The number of hydrogen-bond acceptors (Lipinski definition) is 4. The Morgan fingerprint density at radius 1 is 1.24 bits per heavy atom. The highest BCUT2D eigenvalue weighted by Gasteiger charge is 2.49. The predicted octanol–water partition coefficient (Wildman–Crippen LogP) is 4.78. The molecule has 0 spiro atoms. The fourth-order valence-electron chi connectivity index (χ4n) is 4.78. The smallest absolute Gasteiger partial charge is 0.162 e. The van der Waals surface area contributed by atoms with E-state index in [2.05, 4.69) is 43.1 Å². The lowest BCUT2D eigenvalue weighted by molar-refractivity contribution is 0.208. The van der Waals surface area contributed by atoms with E-state index >= 15 is 0 Å². The molecule has 2 aliphatic rings. The van der Waals surface area contributed by atoms with E-state index in [1.165, 1.54) is 11.1 Å². The first-order valence-corrected chi connectivity index (χ1v) is 9.05. The van der Waals surface area contributed by atoms with Gasteiger partial charge in [-0.25, -0.2) is 0 Å². The van der Waals surface area contributed by atoms with E-state index in [1.807, 2.05) is 12.4 Å². The predicted molar refractivity (Wildman–Crippen MR) is 95.7 cm³/mol. The SMILES string of the molecule is C#CC12CCCC(C)(Cc3cnoc3C(C)C)C1=Cc1oncc1C2. The van der Waals surface area contributed by atoms with Crippen LogP contribution in [0.3, 0.4) is 0 Å². The quantitative estimate of drug-likeness (QED) is 0.757. The van der Waals surface area contributed by atoms with Crippen molar-refractivity contribution in [3.8, 4) is 12.3 Å². The molecule has 2 aromatic rings. The lowest BCUT2D eigenvalue weighted by Gasteiger charge is -2.48. The highest BCUT2D eigenvalue weighted by molar-refractivity contribution is 5.61. The van der Waals surface area contributed by atoms with E-state index in [0.29, 0.717) is 5.92 Å². The molecule has 4 heteroatoms. The van der Waals surface area contributed by atoms with Crippen LogP contribution in [0.1, 0.15) is 68.6 Å². The second-order valence-corrected chi connectivity index (χ2v) is 8.14. The monoisotopic (exact) mass is 336 g/mol. The number of rotatable bonds is 3. The number of allylic oxidation sites excluding steroid dienone is 1. The maximum absolute atomic E-state index is 6.07. The summed E-state index contributed by atoms with van der Waals surface area (Å²) in [7, 11) is 0. The van der Waals surface area contributed by atoms with Crippen molar-refractivity contribution >= 4 is 6.08 Å². The van der Waals surface area contributed by atoms with Gasteiger partial charge in [0.2, 0.25) is 0 Å². The van der Waals surface area contributed by atoms with Crippen LogP contribution in [0.5, 0.6) is 0 Å². The van der Waals surface area contributed by atoms with Crippen molar-refractivity contribution < 1.29 is 9.05 Å². The van der Waals surface area contributed by atoms with Crippen molar-refractivity contribution in [2.24, 2.45) is 10.8 Å². The summed E-state index contributed by atoms with van der Waals surface area (Å²) in [5.41, 5.74) is 3.38. The lowest BCUT2D eigenvalue weighted by Crippen LogP contribution is -2.41. The summed E-state index contributed by atoms with van der Waals surface area (Å²) in [6, 6.07) is 0. The van der Waals surface area contributed by atoms with E-state index in [1.54, 1.807) is 0 Å². The third kappa shape index (κ3) is 2.45. The van der Waals surface area contributed by atoms with E-state index in [0.717, 1.165) is 49.2 Å². The van der Waals surface area contributed by atoms with E-state index in [-0.39, 0.29) is 10.8 Å². The maximum Gasteiger partial charge on any atom is 0.162 e. The molecule has 0 bridgehead atoms. The molecule has 0 aromatic carbocycles. The van der Waals surface area contributed by atoms with Crippen molar-refractivity contribution in [1.82, 2.24) is 10.3 Å². The molecule has 2 unspecified atom stereocenters. The molecule has 2 atom stereocenters. The average Bonchev–Trinajstić information content (AvgIpc) is 3.21. The first-order valence-electron chi connectivity index (χ1n) is 9.05. The van der Waals surface area contributed by atoms with Crippen LogP contribution in [0, 0.1) is 23.2 Å². The summed E-state index contributed by atoms with van der Waals surface area (Å²) in [5.74, 6) is 5.31. The van der Waals surface area contributed by atoms with Crippen LogP contribution >= 0.6 is 0 Å². The summed E-state index contributed by atoms with van der Waals surface area (Å²) in [6.45, 7) is 6.60. The van der Waals surface area contributed by atoms with Crippen LogP contribution < -0.4 is 0 Å². The molecule has 2 heterocycles. The Labute approximate surface area is 148 Å². The minimum atomic E-state index is -0.222. The third-order valence-electron chi connectivity index (χ3n) is 6.00. The molecule has 0 aliphatic heterocycles. The standard InChI is InChI=1S/C21H24N2O2/c1-5-21-8-6-7-20(4,10-16-13-23-25-19(16)14(2)3)18(21)9-17-15(11-21)12-22-24-17/h1,9,12-14H,6-8,10-11H2,2-4H3. The van der Waals surface area contributed by atoms with Crippen molar-refractivity contribution in [3.63, 3.8) is 0 Å². The van der Waals surface area contributed by atoms with Crippen LogP contribution in [-0.2, 0) is 12.8 Å². The van der Waals surface area contributed by atoms with Gasteiger partial charge in [-0.1, -0.05) is 43.4 Å². The van der Waals surface area contributed by atoms with Crippen LogP contribution in [0.25, 0.3) is 6.08 Å². The highest BCUT2D eigenvalue weighted by Crippen LogP contribution is 2.56. The van der Waals surface area contributed by atoms with Crippen LogP contribution in [-0.4, -0.2) is 10.3 Å². The van der Waals surface area contributed by atoms with Crippen LogP contribution in [0.4, 0.5) is 0 Å². The van der Waals surface area contributed by atoms with Gasteiger partial charge in [0.15, 0.2) is 5.76 Å². The largest absolute Gasteiger partial charge is 0.361 e. The van der Waals surface area contributed by atoms with Crippen molar-refractivity contribution in [1.29, 1.82) is 0 Å². The van der Waals surface area contributed by atoms with E-state index in [9.17, 15) is 0 Å². The van der Waals surface area contributed by atoms with Crippen molar-refractivity contribution in [2.45, 2.75) is 58.8 Å². The fourth-order valence-corrected chi connectivity index (χ4v) is 4.78. The van der Waals surface area contributed by atoms with Gasteiger partial charge in [0.05, 0.1) is 17.8 Å². The van der Waals surface area contributed by atoms with Gasteiger partial charge >= 0.3 is 0 Å². The molecule has 1 saturated carbocycles. The first kappa shape index (κ1) is 16.2. The molecule has 1 fully saturated rings. The molecule has 2 aliphatic carbocycles. The summed E-state index contributed by atoms with van der Waals surface area (Å²) in [6.07, 6.45) is 16.9. The second kappa shape index (κ2) is 5.62. The molecule has 0 saturated heterocycles. The first-order chi connectivity index (χ1) is 12.0. The van der Waals surface area contributed by atoms with Crippen molar-refractivity contribution in [3.05, 3.63) is 40.6 Å². The van der Waals surface area contributed by atoms with E-state index in [4.69, 9.17) is 15.5 Å². The molecule has 4 rings (SSSR count). The minimum absolute atomic E-state index is 0.0235. The summed E-state index contributed by atoms with van der Waals surface area (Å²) >= 11 is 0. The minimum Gasteiger partial charge on any atom is -0.361 e. The molecule has 130 valence electrons. The molecule has 0 radical (unpaired) electrons. The van der Waals surface area contributed by atoms with Gasteiger partial charge in [0.25, 0.3) is 0 Å². The Morgan fingerprint density at radius 2 is 2.04 bits per heavy atom. The van der Waals surface area contributed by atoms with E-state index < -0.39 is 0 Å². The summed E-state index contributed by atoms with van der Waals surface area (Å²) < 4.78 is 11.0. The lowest BCUT2D eigenvalue weighted by atomic mass is 9.54. The molecule has 0 amide bonds. The molecular formula is C21H24N2O2. The number of nitrogens with zero attached hydrogens (tertiary/aromatic N) is 2. The summed E-state index contributed by atoms with van der Waals surface area (Å²) in [4.78, 5) is 0.